The van der Waals surface area contributed by atoms with Gasteiger partial charge in [-0.2, -0.15) is 0 Å². The highest BCUT2D eigenvalue weighted by atomic mass is 16.5. The Bertz CT molecular complexity index is 1470. The molecule has 2 aromatic carbocycles. The molecule has 4 aromatic rings. The van der Waals surface area contributed by atoms with E-state index in [4.69, 9.17) is 4.74 Å². The van der Waals surface area contributed by atoms with Gasteiger partial charge in [0.2, 0.25) is 0 Å². The van der Waals surface area contributed by atoms with Gasteiger partial charge in [-0.15, -0.1) is 0 Å². The molecule has 0 bridgehead atoms. The maximum atomic E-state index is 13.4. The van der Waals surface area contributed by atoms with Gasteiger partial charge in [0, 0.05) is 36.1 Å². The number of rotatable bonds is 8. The van der Waals surface area contributed by atoms with Crippen LogP contribution in [0.2, 0.25) is 0 Å². The minimum Gasteiger partial charge on any atom is -0.495 e. The van der Waals surface area contributed by atoms with Gasteiger partial charge in [0.15, 0.2) is 0 Å². The second-order valence-corrected chi connectivity index (χ2v) is 9.84. The van der Waals surface area contributed by atoms with Gasteiger partial charge in [-0.1, -0.05) is 31.4 Å². The molecule has 0 aliphatic heterocycles. The molecule has 0 radical (unpaired) electrons. The quantitative estimate of drug-likeness (QED) is 0.230. The van der Waals surface area contributed by atoms with Gasteiger partial charge in [0.05, 0.1) is 18.5 Å². The van der Waals surface area contributed by atoms with Crippen molar-refractivity contribution in [1.29, 1.82) is 0 Å². The number of ether oxygens (including phenoxy) is 1. The highest BCUT2D eigenvalue weighted by molar-refractivity contribution is 6.06. The van der Waals surface area contributed by atoms with Crippen molar-refractivity contribution in [3.8, 4) is 17.0 Å². The molecule has 1 amide bonds. The van der Waals surface area contributed by atoms with Gasteiger partial charge in [0.1, 0.15) is 23.7 Å². The summed E-state index contributed by atoms with van der Waals surface area (Å²) in [5.74, 6) is 2.33. The van der Waals surface area contributed by atoms with Crippen molar-refractivity contribution < 1.29 is 9.53 Å². The maximum Gasteiger partial charge on any atom is 0.255 e. The molecule has 8 heteroatoms. The number of amides is 1. The number of nitrogens with zero attached hydrogens (tertiary/aromatic N) is 3. The van der Waals surface area contributed by atoms with Crippen molar-refractivity contribution in [2.24, 2.45) is 0 Å². The molecule has 39 heavy (non-hydrogen) atoms. The molecule has 8 nitrogen and oxygen atoms in total. The Balaban J connectivity index is 1.40. The largest absolute Gasteiger partial charge is 0.495 e. The Morgan fingerprint density at radius 3 is 2.59 bits per heavy atom. The van der Waals surface area contributed by atoms with Crippen LogP contribution < -0.4 is 20.7 Å². The minimum absolute atomic E-state index is 0.201. The molecule has 1 aliphatic rings. The first-order valence-corrected chi connectivity index (χ1v) is 13.4. The SMILES string of the molecule is CNc1cc(-c2cccnc2Nc2cc(C(=O)Nc3cc(C4CCCCC4)ccc3OC)ccc2C)ncn1. The summed E-state index contributed by atoms with van der Waals surface area (Å²) in [6, 6.07) is 17.4. The highest BCUT2D eigenvalue weighted by Gasteiger charge is 2.19. The second-order valence-electron chi connectivity index (χ2n) is 9.84. The monoisotopic (exact) mass is 522 g/mol. The molecule has 0 spiro atoms. The lowest BCUT2D eigenvalue weighted by Gasteiger charge is -2.23. The van der Waals surface area contributed by atoms with Crippen molar-refractivity contribution in [3.63, 3.8) is 0 Å². The number of pyridine rings is 1. The number of hydrogen-bond acceptors (Lipinski definition) is 7. The van der Waals surface area contributed by atoms with Crippen LogP contribution in [0.25, 0.3) is 11.3 Å². The molecule has 2 aromatic heterocycles. The fraction of sp³-hybridized carbons (Fsp3) is 0.290. The summed E-state index contributed by atoms with van der Waals surface area (Å²) in [6.07, 6.45) is 9.43. The summed E-state index contributed by atoms with van der Waals surface area (Å²) in [5, 5.41) is 9.54. The van der Waals surface area contributed by atoms with Crippen LogP contribution in [-0.2, 0) is 0 Å². The lowest BCUT2D eigenvalue weighted by Crippen LogP contribution is -2.14. The molecule has 1 aliphatic carbocycles. The number of nitrogens with one attached hydrogen (secondary N) is 3. The third-order valence-electron chi connectivity index (χ3n) is 7.31. The summed E-state index contributed by atoms with van der Waals surface area (Å²) < 4.78 is 5.57. The first-order chi connectivity index (χ1) is 19.1. The molecule has 200 valence electrons. The summed E-state index contributed by atoms with van der Waals surface area (Å²) in [6.45, 7) is 1.99. The third-order valence-corrected chi connectivity index (χ3v) is 7.31. The van der Waals surface area contributed by atoms with E-state index in [1.807, 2.05) is 56.4 Å². The van der Waals surface area contributed by atoms with Crippen molar-refractivity contribution >= 4 is 28.9 Å². The van der Waals surface area contributed by atoms with Crippen LogP contribution in [0.5, 0.6) is 5.75 Å². The van der Waals surface area contributed by atoms with Gasteiger partial charge in [0.25, 0.3) is 5.91 Å². The number of aryl methyl sites for hydroxylation is 1. The molecule has 5 rings (SSSR count). The Morgan fingerprint density at radius 1 is 0.949 bits per heavy atom. The number of carbonyl (C=O) groups is 1. The van der Waals surface area contributed by atoms with E-state index < -0.39 is 0 Å². The number of aromatic nitrogens is 3. The number of carbonyl (C=O) groups excluding carboxylic acids is 1. The standard InChI is InChI=1S/C31H34N6O2/c1-20-11-12-23(31(38)37-27-16-22(13-14-28(27)39-3)21-8-5-4-6-9-21)17-25(20)36-30-24(10-7-15-33-30)26-18-29(32-2)35-19-34-26/h7,10-19,21H,4-6,8-9H2,1-3H3,(H,33,36)(H,37,38)(H,32,34,35). The van der Waals surface area contributed by atoms with Crippen molar-refractivity contribution in [1.82, 2.24) is 15.0 Å². The van der Waals surface area contributed by atoms with Crippen LogP contribution in [-0.4, -0.2) is 35.0 Å². The zero-order chi connectivity index (χ0) is 27.2. The Kier molecular flexibility index (Phi) is 8.01. The topological polar surface area (TPSA) is 101 Å². The van der Waals surface area contributed by atoms with E-state index in [2.05, 4.69) is 43.0 Å². The number of anilines is 4. The number of hydrogen-bond donors (Lipinski definition) is 3. The van der Waals surface area contributed by atoms with E-state index >= 15 is 0 Å². The van der Waals surface area contributed by atoms with E-state index in [9.17, 15) is 4.79 Å². The third kappa shape index (κ3) is 6.00. The second kappa shape index (κ2) is 11.9. The highest BCUT2D eigenvalue weighted by Crippen LogP contribution is 2.37. The van der Waals surface area contributed by atoms with Crippen molar-refractivity contribution in [2.45, 2.75) is 44.9 Å². The smallest absolute Gasteiger partial charge is 0.255 e. The van der Waals surface area contributed by atoms with E-state index in [1.54, 1.807) is 13.3 Å². The zero-order valence-corrected chi connectivity index (χ0v) is 22.6. The normalized spacial score (nSPS) is 13.5. The number of benzene rings is 2. The van der Waals surface area contributed by atoms with Crippen LogP contribution in [0.1, 0.15) is 59.5 Å². The summed E-state index contributed by atoms with van der Waals surface area (Å²) >= 11 is 0. The molecule has 2 heterocycles. The van der Waals surface area contributed by atoms with Crippen LogP contribution in [0.4, 0.5) is 23.0 Å². The molecular weight excluding hydrogens is 488 g/mol. The molecule has 0 saturated heterocycles. The molecule has 1 fully saturated rings. The van der Waals surface area contributed by atoms with Gasteiger partial charge in [-0.05, 0) is 73.2 Å². The predicted octanol–water partition coefficient (Wildman–Crippen LogP) is 6.94. The van der Waals surface area contributed by atoms with Gasteiger partial charge in [-0.3, -0.25) is 4.79 Å². The lowest BCUT2D eigenvalue weighted by molar-refractivity contribution is 0.102. The van der Waals surface area contributed by atoms with Crippen molar-refractivity contribution in [2.75, 3.05) is 30.1 Å². The lowest BCUT2D eigenvalue weighted by atomic mass is 9.84. The molecule has 1 saturated carbocycles. The summed E-state index contributed by atoms with van der Waals surface area (Å²) in [7, 11) is 3.44. The van der Waals surface area contributed by atoms with Crippen LogP contribution in [0.3, 0.4) is 0 Å². The molecule has 0 unspecified atom stereocenters. The molecule has 3 N–H and O–H groups in total. The maximum absolute atomic E-state index is 13.4. The number of methoxy groups -OCH3 is 1. The summed E-state index contributed by atoms with van der Waals surface area (Å²) in [4.78, 5) is 26.6. The molecular formula is C31H34N6O2. The first kappa shape index (κ1) is 26.2. The average molecular weight is 523 g/mol. The van der Waals surface area contributed by atoms with Gasteiger partial charge in [-0.25, -0.2) is 15.0 Å². The van der Waals surface area contributed by atoms with Crippen LogP contribution in [0.15, 0.2) is 67.1 Å². The van der Waals surface area contributed by atoms with E-state index in [1.165, 1.54) is 44.0 Å². The Hall–Kier alpha value is -4.46. The zero-order valence-electron chi connectivity index (χ0n) is 22.6. The van der Waals surface area contributed by atoms with E-state index in [0.717, 1.165) is 22.5 Å². The van der Waals surface area contributed by atoms with Crippen LogP contribution >= 0.6 is 0 Å². The van der Waals surface area contributed by atoms with E-state index in [-0.39, 0.29) is 5.91 Å². The van der Waals surface area contributed by atoms with Crippen LogP contribution in [0, 0.1) is 6.92 Å². The first-order valence-electron chi connectivity index (χ1n) is 13.4. The fourth-order valence-electron chi connectivity index (χ4n) is 5.09. The summed E-state index contributed by atoms with van der Waals surface area (Å²) in [5.41, 5.74) is 5.82. The Morgan fingerprint density at radius 2 is 1.79 bits per heavy atom. The predicted molar refractivity (Wildman–Crippen MR) is 156 cm³/mol. The van der Waals surface area contributed by atoms with E-state index in [0.29, 0.717) is 34.6 Å². The molecule has 0 atom stereocenters. The van der Waals surface area contributed by atoms with Gasteiger partial charge >= 0.3 is 0 Å². The van der Waals surface area contributed by atoms with Crippen molar-refractivity contribution in [3.05, 3.63) is 83.8 Å². The Labute approximate surface area is 229 Å². The minimum atomic E-state index is -0.201. The fourth-order valence-corrected chi connectivity index (χ4v) is 5.09. The van der Waals surface area contributed by atoms with Gasteiger partial charge < -0.3 is 20.7 Å². The average Bonchev–Trinajstić information content (AvgIpc) is 2.99.